The number of carbonyl (C=O) groups excluding carboxylic acids is 1. The lowest BCUT2D eigenvalue weighted by atomic mass is 10.0. The molecule has 0 radical (unpaired) electrons. The van der Waals surface area contributed by atoms with E-state index in [4.69, 9.17) is 21.1 Å². The molecule has 0 N–H and O–H groups in total. The van der Waals surface area contributed by atoms with Crippen LogP contribution in [0.25, 0.3) is 22.0 Å². The maximum absolute atomic E-state index is 14.2. The number of hydrogen-bond acceptors (Lipinski definition) is 4. The fraction of sp³-hybridized carbons (Fsp3) is 0.273. The molecule has 0 saturated heterocycles. The van der Waals surface area contributed by atoms with Gasteiger partial charge in [-0.25, -0.2) is 9.78 Å². The van der Waals surface area contributed by atoms with Crippen LogP contribution >= 0.6 is 11.6 Å². The van der Waals surface area contributed by atoms with Crippen molar-refractivity contribution in [3.8, 4) is 16.9 Å². The number of esters is 1. The molecule has 1 atom stereocenters. The Morgan fingerprint density at radius 2 is 1.82 bits per heavy atom. The molecular weight excluding hydrogens is 381 g/mol. The summed E-state index contributed by atoms with van der Waals surface area (Å²) < 4.78 is 25.1. The molecule has 0 fully saturated rings. The fourth-order valence-electron chi connectivity index (χ4n) is 2.79. The number of ether oxygens (including phenoxy) is 2. The molecule has 0 aliphatic rings. The standard InChI is InChI=1S/C22H21ClFNO3/c1-13(21(26)28-22(2,3)4)27-14-9-10-16-17(12-20(24)25-19(16)11-14)15-7-5-6-8-18(15)23/h5-13H,1-4H3/t13-/m1/s1. The Bertz CT molecular complexity index is 1030. The number of aromatic nitrogens is 1. The van der Waals surface area contributed by atoms with E-state index in [1.54, 1.807) is 52.0 Å². The number of rotatable bonds is 4. The van der Waals surface area contributed by atoms with Gasteiger partial charge in [-0.3, -0.25) is 0 Å². The monoisotopic (exact) mass is 401 g/mol. The average molecular weight is 402 g/mol. The van der Waals surface area contributed by atoms with E-state index in [2.05, 4.69) is 4.98 Å². The van der Waals surface area contributed by atoms with Gasteiger partial charge in [0.1, 0.15) is 11.4 Å². The smallest absolute Gasteiger partial charge is 0.347 e. The van der Waals surface area contributed by atoms with Crippen molar-refractivity contribution in [1.29, 1.82) is 0 Å². The Labute approximate surface area is 168 Å². The molecule has 0 unspecified atom stereocenters. The molecule has 2 aromatic carbocycles. The molecule has 0 saturated carbocycles. The van der Waals surface area contributed by atoms with E-state index in [1.807, 2.05) is 18.2 Å². The van der Waals surface area contributed by atoms with E-state index in [-0.39, 0.29) is 0 Å². The minimum absolute atomic E-state index is 0.397. The zero-order valence-electron chi connectivity index (χ0n) is 16.1. The highest BCUT2D eigenvalue weighted by Crippen LogP contribution is 2.34. The number of nitrogens with zero attached hydrogens (tertiary/aromatic N) is 1. The molecule has 3 aromatic rings. The molecule has 0 amide bonds. The highest BCUT2D eigenvalue weighted by atomic mass is 35.5. The first-order valence-corrected chi connectivity index (χ1v) is 9.26. The third kappa shape index (κ3) is 4.60. The van der Waals surface area contributed by atoms with Gasteiger partial charge in [-0.15, -0.1) is 0 Å². The highest BCUT2D eigenvalue weighted by molar-refractivity contribution is 6.33. The van der Waals surface area contributed by atoms with Crippen LogP contribution in [0.2, 0.25) is 5.02 Å². The lowest BCUT2D eigenvalue weighted by molar-refractivity contribution is -0.162. The summed E-state index contributed by atoms with van der Waals surface area (Å²) in [6.45, 7) is 6.97. The molecule has 146 valence electrons. The first kappa shape index (κ1) is 20.1. The van der Waals surface area contributed by atoms with Crippen molar-refractivity contribution in [2.45, 2.75) is 39.4 Å². The predicted molar refractivity (Wildman–Crippen MR) is 108 cm³/mol. The van der Waals surface area contributed by atoms with Gasteiger partial charge >= 0.3 is 5.97 Å². The van der Waals surface area contributed by atoms with Gasteiger partial charge in [0.15, 0.2) is 6.10 Å². The van der Waals surface area contributed by atoms with Crippen molar-refractivity contribution < 1.29 is 18.7 Å². The molecule has 1 heterocycles. The second-order valence-electron chi connectivity index (χ2n) is 7.44. The van der Waals surface area contributed by atoms with Crippen LogP contribution in [0.4, 0.5) is 4.39 Å². The number of halogens is 2. The van der Waals surface area contributed by atoms with Crippen molar-refractivity contribution in [2.75, 3.05) is 0 Å². The maximum atomic E-state index is 14.2. The topological polar surface area (TPSA) is 48.4 Å². The fourth-order valence-corrected chi connectivity index (χ4v) is 3.03. The second kappa shape index (κ2) is 7.76. The van der Waals surface area contributed by atoms with Crippen molar-refractivity contribution in [1.82, 2.24) is 4.98 Å². The maximum Gasteiger partial charge on any atom is 0.347 e. The number of carbonyl (C=O) groups is 1. The largest absolute Gasteiger partial charge is 0.479 e. The predicted octanol–water partition coefficient (Wildman–Crippen LogP) is 5.80. The summed E-state index contributed by atoms with van der Waals surface area (Å²) >= 11 is 6.28. The molecule has 1 aromatic heterocycles. The Kier molecular flexibility index (Phi) is 5.57. The number of fused-ring (bicyclic) bond motifs is 1. The summed E-state index contributed by atoms with van der Waals surface area (Å²) in [5.41, 5.74) is 1.15. The number of benzene rings is 2. The van der Waals surface area contributed by atoms with Gasteiger partial charge < -0.3 is 9.47 Å². The summed E-state index contributed by atoms with van der Waals surface area (Å²) in [7, 11) is 0. The Morgan fingerprint density at radius 1 is 1.11 bits per heavy atom. The van der Waals surface area contributed by atoms with Crippen molar-refractivity contribution in [3.05, 3.63) is 59.5 Å². The van der Waals surface area contributed by atoms with E-state index in [9.17, 15) is 9.18 Å². The molecule has 0 aliphatic heterocycles. The van der Waals surface area contributed by atoms with Crippen LogP contribution in [-0.2, 0) is 9.53 Å². The van der Waals surface area contributed by atoms with E-state index < -0.39 is 23.6 Å². The molecule has 3 rings (SSSR count). The zero-order valence-corrected chi connectivity index (χ0v) is 16.9. The molecule has 4 nitrogen and oxygen atoms in total. The minimum atomic E-state index is -0.812. The van der Waals surface area contributed by atoms with E-state index in [0.29, 0.717) is 27.4 Å². The summed E-state index contributed by atoms with van der Waals surface area (Å²) in [6.07, 6.45) is -0.812. The molecule has 28 heavy (non-hydrogen) atoms. The van der Waals surface area contributed by atoms with Gasteiger partial charge in [-0.05, 0) is 51.5 Å². The normalized spacial score (nSPS) is 12.6. The van der Waals surface area contributed by atoms with Gasteiger partial charge in [0.2, 0.25) is 5.95 Å². The summed E-state index contributed by atoms with van der Waals surface area (Å²) in [5.74, 6) is -0.703. The van der Waals surface area contributed by atoms with Gasteiger partial charge in [0.25, 0.3) is 0 Å². The Balaban J connectivity index is 1.95. The molecule has 6 heteroatoms. The van der Waals surface area contributed by atoms with E-state index in [0.717, 1.165) is 5.39 Å². The Morgan fingerprint density at radius 3 is 2.50 bits per heavy atom. The highest BCUT2D eigenvalue weighted by Gasteiger charge is 2.23. The van der Waals surface area contributed by atoms with Gasteiger partial charge in [-0.1, -0.05) is 29.8 Å². The van der Waals surface area contributed by atoms with E-state index in [1.165, 1.54) is 6.07 Å². The quantitative estimate of drug-likeness (QED) is 0.409. The van der Waals surface area contributed by atoms with Crippen LogP contribution in [0, 0.1) is 5.95 Å². The van der Waals surface area contributed by atoms with Gasteiger partial charge in [-0.2, -0.15) is 4.39 Å². The third-order valence-corrected chi connectivity index (χ3v) is 4.30. The summed E-state index contributed by atoms with van der Waals surface area (Å²) in [6, 6.07) is 13.7. The average Bonchev–Trinajstić information content (AvgIpc) is 2.59. The Hall–Kier alpha value is -2.66. The lowest BCUT2D eigenvalue weighted by Gasteiger charge is -2.22. The molecule has 0 bridgehead atoms. The molecule has 0 aliphatic carbocycles. The lowest BCUT2D eigenvalue weighted by Crippen LogP contribution is -2.33. The summed E-state index contributed by atoms with van der Waals surface area (Å²) in [4.78, 5) is 16.1. The van der Waals surface area contributed by atoms with Gasteiger partial charge in [0.05, 0.1) is 5.52 Å². The van der Waals surface area contributed by atoms with Gasteiger partial charge in [0, 0.05) is 28.1 Å². The van der Waals surface area contributed by atoms with Crippen molar-refractivity contribution >= 4 is 28.5 Å². The van der Waals surface area contributed by atoms with Crippen LogP contribution in [0.5, 0.6) is 5.75 Å². The van der Waals surface area contributed by atoms with Crippen LogP contribution in [0.1, 0.15) is 27.7 Å². The molecule has 0 spiro atoms. The SMILES string of the molecule is C[C@@H](Oc1ccc2c(-c3ccccc3Cl)cc(F)nc2c1)C(=O)OC(C)(C)C. The number of pyridine rings is 1. The first-order chi connectivity index (χ1) is 13.1. The third-order valence-electron chi connectivity index (χ3n) is 3.97. The summed E-state index contributed by atoms with van der Waals surface area (Å²) in [5, 5.41) is 1.25. The van der Waals surface area contributed by atoms with Crippen molar-refractivity contribution in [2.24, 2.45) is 0 Å². The van der Waals surface area contributed by atoms with Crippen LogP contribution in [-0.4, -0.2) is 22.7 Å². The molecular formula is C22H21ClFNO3. The second-order valence-corrected chi connectivity index (χ2v) is 7.85. The zero-order chi connectivity index (χ0) is 20.5. The van der Waals surface area contributed by atoms with Crippen LogP contribution < -0.4 is 4.74 Å². The first-order valence-electron chi connectivity index (χ1n) is 8.89. The van der Waals surface area contributed by atoms with Crippen molar-refractivity contribution in [3.63, 3.8) is 0 Å². The van der Waals surface area contributed by atoms with Crippen LogP contribution in [0.3, 0.4) is 0 Å². The minimum Gasteiger partial charge on any atom is -0.479 e. The number of hydrogen-bond donors (Lipinski definition) is 0. The van der Waals surface area contributed by atoms with E-state index >= 15 is 0 Å². The van der Waals surface area contributed by atoms with Crippen LogP contribution in [0.15, 0.2) is 48.5 Å².